The maximum Gasteiger partial charge on any atom is 0.309 e. The number of anilines is 1. The Labute approximate surface area is 211 Å². The van der Waals surface area contributed by atoms with Crippen LogP contribution in [-0.4, -0.2) is 63.7 Å². The Balaban J connectivity index is 1.30. The van der Waals surface area contributed by atoms with Crippen LogP contribution in [0.3, 0.4) is 0 Å². The molecule has 1 aromatic heterocycles. The van der Waals surface area contributed by atoms with Crippen LogP contribution in [0.5, 0.6) is 11.5 Å². The van der Waals surface area contributed by atoms with E-state index in [2.05, 4.69) is 32.6 Å². The maximum atomic E-state index is 12.5. The number of benzene rings is 2. The van der Waals surface area contributed by atoms with Crippen LogP contribution >= 0.6 is 0 Å². The Kier molecular flexibility index (Phi) is 8.46. The van der Waals surface area contributed by atoms with Gasteiger partial charge in [0.1, 0.15) is 17.3 Å². The number of furan rings is 1. The number of nitrogens with one attached hydrogen (secondary N) is 2. The number of ether oxygens (including phenoxy) is 2. The Morgan fingerprint density at radius 2 is 1.47 bits per heavy atom. The summed E-state index contributed by atoms with van der Waals surface area (Å²) in [6.45, 7) is 3.77. The van der Waals surface area contributed by atoms with Gasteiger partial charge in [0.25, 0.3) is 0 Å². The fraction of sp³-hybridized carbons (Fsp3) is 0.333. The summed E-state index contributed by atoms with van der Waals surface area (Å²) >= 11 is 0. The molecule has 2 aromatic carbocycles. The number of hydrogen-bond donors (Lipinski definition) is 2. The van der Waals surface area contributed by atoms with Gasteiger partial charge in [-0.05, 0) is 54.1 Å². The lowest BCUT2D eigenvalue weighted by atomic mass is 10.1. The minimum absolute atomic E-state index is 0.170. The van der Waals surface area contributed by atoms with Gasteiger partial charge in [0.15, 0.2) is 0 Å². The molecule has 0 aliphatic carbocycles. The van der Waals surface area contributed by atoms with E-state index in [1.807, 2.05) is 48.5 Å². The minimum Gasteiger partial charge on any atom is -0.497 e. The Morgan fingerprint density at radius 3 is 2.06 bits per heavy atom. The van der Waals surface area contributed by atoms with Crippen molar-refractivity contribution in [2.45, 2.75) is 12.6 Å². The van der Waals surface area contributed by atoms with Crippen molar-refractivity contribution in [3.8, 4) is 11.5 Å². The molecule has 0 bridgehead atoms. The molecule has 36 heavy (non-hydrogen) atoms. The molecule has 190 valence electrons. The van der Waals surface area contributed by atoms with Gasteiger partial charge in [-0.3, -0.25) is 14.5 Å². The average Bonchev–Trinajstić information content (AvgIpc) is 3.47. The van der Waals surface area contributed by atoms with Gasteiger partial charge in [0.05, 0.1) is 26.5 Å². The molecule has 0 radical (unpaired) electrons. The summed E-state index contributed by atoms with van der Waals surface area (Å²) in [5.74, 6) is 0.979. The second kappa shape index (κ2) is 12.1. The van der Waals surface area contributed by atoms with E-state index in [4.69, 9.17) is 13.9 Å². The van der Waals surface area contributed by atoms with Crippen LogP contribution in [-0.2, 0) is 16.1 Å². The average molecular weight is 493 g/mol. The summed E-state index contributed by atoms with van der Waals surface area (Å²) in [6.07, 6.45) is 1.62. The predicted octanol–water partition coefficient (Wildman–Crippen LogP) is 2.59. The van der Waals surface area contributed by atoms with Crippen molar-refractivity contribution in [2.24, 2.45) is 0 Å². The van der Waals surface area contributed by atoms with Gasteiger partial charge >= 0.3 is 11.8 Å². The lowest BCUT2D eigenvalue weighted by Gasteiger charge is -2.39. The van der Waals surface area contributed by atoms with Crippen LogP contribution in [0.2, 0.25) is 0 Å². The molecule has 1 aliphatic rings. The Hall–Kier alpha value is -3.98. The molecule has 2 heterocycles. The number of nitrogens with zero attached hydrogens (tertiary/aromatic N) is 2. The number of rotatable bonds is 9. The number of carbonyl (C=O) groups excluding carboxylic acids is 2. The standard InChI is InChI=1S/C27H32N4O5/c1-34-22-9-5-20(6-10-22)18-28-26(32)27(33)29-19-24(25-4-3-17-36-25)31-15-13-30(14-16-31)21-7-11-23(35-2)12-8-21/h3-12,17,24H,13-16,18-19H2,1-2H3,(H,28,32)(H,29,33). The zero-order valence-corrected chi connectivity index (χ0v) is 20.6. The van der Waals surface area contributed by atoms with Gasteiger partial charge in [-0.2, -0.15) is 0 Å². The zero-order chi connectivity index (χ0) is 25.3. The first-order valence-corrected chi connectivity index (χ1v) is 11.9. The van der Waals surface area contributed by atoms with Gasteiger partial charge < -0.3 is 29.4 Å². The summed E-state index contributed by atoms with van der Waals surface area (Å²) < 4.78 is 16.1. The van der Waals surface area contributed by atoms with Crippen LogP contribution in [0, 0.1) is 0 Å². The van der Waals surface area contributed by atoms with Crippen molar-refractivity contribution in [1.82, 2.24) is 15.5 Å². The van der Waals surface area contributed by atoms with E-state index in [9.17, 15) is 9.59 Å². The summed E-state index contributed by atoms with van der Waals surface area (Å²) in [7, 11) is 3.25. The fourth-order valence-electron chi connectivity index (χ4n) is 4.25. The summed E-state index contributed by atoms with van der Waals surface area (Å²) in [4.78, 5) is 29.5. The zero-order valence-electron chi connectivity index (χ0n) is 20.6. The molecular weight excluding hydrogens is 460 g/mol. The summed E-state index contributed by atoms with van der Waals surface area (Å²) in [6, 6.07) is 18.9. The summed E-state index contributed by atoms with van der Waals surface area (Å²) in [5.41, 5.74) is 2.02. The van der Waals surface area contributed by atoms with E-state index in [-0.39, 0.29) is 19.1 Å². The van der Waals surface area contributed by atoms with E-state index in [1.54, 1.807) is 20.5 Å². The number of carbonyl (C=O) groups is 2. The van der Waals surface area contributed by atoms with Crippen molar-refractivity contribution in [2.75, 3.05) is 51.8 Å². The highest BCUT2D eigenvalue weighted by atomic mass is 16.5. The van der Waals surface area contributed by atoms with Crippen LogP contribution in [0.15, 0.2) is 71.3 Å². The fourth-order valence-corrected chi connectivity index (χ4v) is 4.25. The first-order valence-electron chi connectivity index (χ1n) is 11.9. The van der Waals surface area contributed by atoms with Crippen molar-refractivity contribution in [3.63, 3.8) is 0 Å². The lowest BCUT2D eigenvalue weighted by molar-refractivity contribution is -0.139. The van der Waals surface area contributed by atoms with Gasteiger partial charge in [-0.1, -0.05) is 12.1 Å². The third-order valence-corrected chi connectivity index (χ3v) is 6.34. The second-order valence-corrected chi connectivity index (χ2v) is 8.49. The molecule has 0 saturated carbocycles. The van der Waals surface area contributed by atoms with Gasteiger partial charge in [-0.15, -0.1) is 0 Å². The molecule has 1 aliphatic heterocycles. The molecule has 3 aromatic rings. The SMILES string of the molecule is COc1ccc(CNC(=O)C(=O)NCC(c2ccco2)N2CCN(c3ccc(OC)cc3)CC2)cc1. The molecule has 9 heteroatoms. The number of piperazine rings is 1. The van der Waals surface area contributed by atoms with E-state index in [0.717, 1.165) is 54.7 Å². The van der Waals surface area contributed by atoms with Crippen LogP contribution in [0.1, 0.15) is 17.4 Å². The number of methoxy groups -OCH3 is 2. The normalized spacial score (nSPS) is 14.7. The molecule has 0 spiro atoms. The summed E-state index contributed by atoms with van der Waals surface area (Å²) in [5, 5.41) is 5.44. The van der Waals surface area contributed by atoms with Gasteiger partial charge in [-0.25, -0.2) is 0 Å². The predicted molar refractivity (Wildman–Crippen MR) is 136 cm³/mol. The van der Waals surface area contributed by atoms with E-state index in [0.29, 0.717) is 0 Å². The highest BCUT2D eigenvalue weighted by Crippen LogP contribution is 2.25. The van der Waals surface area contributed by atoms with Crippen LogP contribution < -0.4 is 25.0 Å². The quantitative estimate of drug-likeness (QED) is 0.443. The first-order chi connectivity index (χ1) is 17.6. The molecule has 2 N–H and O–H groups in total. The van der Waals surface area contributed by atoms with Crippen LogP contribution in [0.4, 0.5) is 5.69 Å². The molecule has 1 saturated heterocycles. The molecule has 2 amide bonds. The highest BCUT2D eigenvalue weighted by Gasteiger charge is 2.28. The molecular formula is C27H32N4O5. The topological polar surface area (TPSA) is 96.3 Å². The monoisotopic (exact) mass is 492 g/mol. The Morgan fingerprint density at radius 1 is 0.861 bits per heavy atom. The number of hydrogen-bond acceptors (Lipinski definition) is 7. The molecule has 1 atom stereocenters. The minimum atomic E-state index is -0.673. The van der Waals surface area contributed by atoms with Crippen LogP contribution in [0.25, 0.3) is 0 Å². The largest absolute Gasteiger partial charge is 0.497 e. The maximum absolute atomic E-state index is 12.5. The second-order valence-electron chi connectivity index (χ2n) is 8.49. The molecule has 4 rings (SSSR count). The van der Waals surface area contributed by atoms with Gasteiger partial charge in [0.2, 0.25) is 0 Å². The third-order valence-electron chi connectivity index (χ3n) is 6.34. The number of amides is 2. The molecule has 9 nitrogen and oxygen atoms in total. The smallest absolute Gasteiger partial charge is 0.309 e. The van der Waals surface area contributed by atoms with Crippen molar-refractivity contribution in [1.29, 1.82) is 0 Å². The van der Waals surface area contributed by atoms with Crippen molar-refractivity contribution < 1.29 is 23.5 Å². The first kappa shape index (κ1) is 25.1. The van der Waals surface area contributed by atoms with Gasteiger partial charge in [0, 0.05) is 45.0 Å². The molecule has 1 unspecified atom stereocenters. The highest BCUT2D eigenvalue weighted by molar-refractivity contribution is 6.35. The lowest BCUT2D eigenvalue weighted by Crippen LogP contribution is -2.50. The van der Waals surface area contributed by atoms with Crippen molar-refractivity contribution in [3.05, 3.63) is 78.3 Å². The van der Waals surface area contributed by atoms with E-state index in [1.165, 1.54) is 0 Å². The Bertz CT molecular complexity index is 1110. The van der Waals surface area contributed by atoms with Crippen molar-refractivity contribution >= 4 is 17.5 Å². The third kappa shape index (κ3) is 6.37. The van der Waals surface area contributed by atoms with E-state index < -0.39 is 11.8 Å². The van der Waals surface area contributed by atoms with E-state index >= 15 is 0 Å². The molecule has 1 fully saturated rings.